The van der Waals surface area contributed by atoms with Gasteiger partial charge in [0, 0.05) is 5.75 Å². The summed E-state index contributed by atoms with van der Waals surface area (Å²) in [6.45, 7) is 0. The zero-order valence-corrected chi connectivity index (χ0v) is 12.2. The Hall–Kier alpha value is -1.78. The number of fused-ring (bicyclic) bond motifs is 1. The lowest BCUT2D eigenvalue weighted by atomic mass is 10.3. The van der Waals surface area contributed by atoms with Crippen LogP contribution in [0.3, 0.4) is 0 Å². The van der Waals surface area contributed by atoms with Gasteiger partial charge in [-0.3, -0.25) is 4.79 Å². The largest absolute Gasteiger partial charge is 0.480 e. The minimum Gasteiger partial charge on any atom is -0.480 e. The van der Waals surface area contributed by atoms with Crippen LogP contribution in [0.25, 0.3) is 11.0 Å². The van der Waals surface area contributed by atoms with Crippen LogP contribution < -0.4 is 5.69 Å². The van der Waals surface area contributed by atoms with Crippen LogP contribution in [0, 0.1) is 0 Å². The summed E-state index contributed by atoms with van der Waals surface area (Å²) in [6, 6.07) is 3.08. The number of rotatable bonds is 3. The molecule has 1 aliphatic rings. The molecule has 1 aliphatic heterocycles. The van der Waals surface area contributed by atoms with Crippen LogP contribution in [0.15, 0.2) is 27.9 Å². The van der Waals surface area contributed by atoms with Crippen molar-refractivity contribution in [3.05, 3.63) is 28.7 Å². The summed E-state index contributed by atoms with van der Waals surface area (Å²) in [4.78, 5) is 27.3. The van der Waals surface area contributed by atoms with Gasteiger partial charge in [0.25, 0.3) is 0 Å². The molecule has 0 amide bonds. The fourth-order valence-corrected chi connectivity index (χ4v) is 5.33. The highest BCUT2D eigenvalue weighted by Crippen LogP contribution is 2.29. The normalized spacial score (nSPS) is 20.1. The first-order chi connectivity index (χ1) is 9.89. The predicted molar refractivity (Wildman–Crippen MR) is 76.7 cm³/mol. The summed E-state index contributed by atoms with van der Waals surface area (Å²) in [7, 11) is -3.92. The number of benzene rings is 1. The molecule has 1 fully saturated rings. The maximum absolute atomic E-state index is 12.5. The number of nitrogens with one attached hydrogen (secondary N) is 2. The van der Waals surface area contributed by atoms with E-state index in [1.54, 1.807) is 0 Å². The number of aromatic nitrogens is 2. The van der Waals surface area contributed by atoms with Gasteiger partial charge in [0.05, 0.1) is 21.8 Å². The number of hydrogen-bond donors (Lipinski definition) is 3. The summed E-state index contributed by atoms with van der Waals surface area (Å²) < 4.78 is 26.1. The Labute approximate surface area is 123 Å². The smallest absolute Gasteiger partial charge is 0.323 e. The molecule has 2 heterocycles. The van der Waals surface area contributed by atoms with Crippen molar-refractivity contribution in [1.29, 1.82) is 0 Å². The van der Waals surface area contributed by atoms with Crippen LogP contribution >= 0.6 is 11.8 Å². The van der Waals surface area contributed by atoms with E-state index in [-0.39, 0.29) is 16.5 Å². The molecule has 0 saturated carbocycles. The highest BCUT2D eigenvalue weighted by molar-refractivity contribution is 8.00. The average molecular weight is 329 g/mol. The number of hydrogen-bond acceptors (Lipinski definition) is 5. The highest BCUT2D eigenvalue weighted by atomic mass is 32.2. The van der Waals surface area contributed by atoms with E-state index in [1.807, 2.05) is 0 Å². The minimum absolute atomic E-state index is 0.0426. The van der Waals surface area contributed by atoms with Crippen molar-refractivity contribution in [3.8, 4) is 0 Å². The molecule has 3 N–H and O–H groups in total. The Balaban J connectivity index is 2.07. The molecule has 0 bridgehead atoms. The molecule has 8 nitrogen and oxygen atoms in total. The van der Waals surface area contributed by atoms with E-state index in [2.05, 4.69) is 9.97 Å². The molecule has 1 aromatic heterocycles. The molecule has 2 aromatic rings. The van der Waals surface area contributed by atoms with Gasteiger partial charge in [-0.2, -0.15) is 4.31 Å². The molecule has 1 aromatic carbocycles. The molecular formula is C11H11N3O5S2. The fourth-order valence-electron chi connectivity index (χ4n) is 2.17. The van der Waals surface area contributed by atoms with Crippen LogP contribution in [0.4, 0.5) is 0 Å². The molecule has 21 heavy (non-hydrogen) atoms. The molecule has 0 spiro atoms. The summed E-state index contributed by atoms with van der Waals surface area (Å²) in [5.74, 6) is -0.849. The van der Waals surface area contributed by atoms with Crippen LogP contribution in [0.1, 0.15) is 0 Å². The van der Waals surface area contributed by atoms with Crippen molar-refractivity contribution >= 4 is 38.8 Å². The monoisotopic (exact) mass is 329 g/mol. The molecule has 3 rings (SSSR count). The van der Waals surface area contributed by atoms with E-state index in [0.29, 0.717) is 11.0 Å². The Bertz CT molecular complexity index is 869. The molecule has 1 atom stereocenters. The summed E-state index contributed by atoms with van der Waals surface area (Å²) >= 11 is 1.25. The second-order valence-electron chi connectivity index (χ2n) is 4.53. The molecule has 1 saturated heterocycles. The predicted octanol–water partition coefficient (Wildman–Crippen LogP) is 0.00440. The lowest BCUT2D eigenvalue weighted by Gasteiger charge is -2.19. The van der Waals surface area contributed by atoms with Gasteiger partial charge in [-0.25, -0.2) is 13.2 Å². The number of nitrogens with zero attached hydrogens (tertiary/aromatic N) is 1. The van der Waals surface area contributed by atoms with Gasteiger partial charge in [-0.15, -0.1) is 11.8 Å². The Kier molecular flexibility index (Phi) is 3.30. The number of aromatic amines is 2. The van der Waals surface area contributed by atoms with E-state index < -0.39 is 27.7 Å². The van der Waals surface area contributed by atoms with Gasteiger partial charge >= 0.3 is 11.7 Å². The van der Waals surface area contributed by atoms with Crippen molar-refractivity contribution in [2.24, 2.45) is 0 Å². The zero-order chi connectivity index (χ0) is 15.2. The molecule has 0 radical (unpaired) electrons. The van der Waals surface area contributed by atoms with Crippen molar-refractivity contribution in [2.45, 2.75) is 10.9 Å². The average Bonchev–Trinajstić information content (AvgIpc) is 3.02. The molecular weight excluding hydrogens is 318 g/mol. The van der Waals surface area contributed by atoms with Crippen LogP contribution in [0.5, 0.6) is 0 Å². The van der Waals surface area contributed by atoms with E-state index in [1.165, 1.54) is 30.0 Å². The van der Waals surface area contributed by atoms with Gasteiger partial charge in [-0.1, -0.05) is 0 Å². The van der Waals surface area contributed by atoms with Gasteiger partial charge < -0.3 is 15.1 Å². The fraction of sp³-hybridized carbons (Fsp3) is 0.273. The number of aliphatic carboxylic acids is 1. The van der Waals surface area contributed by atoms with Crippen LogP contribution in [0.2, 0.25) is 0 Å². The van der Waals surface area contributed by atoms with Crippen molar-refractivity contribution in [1.82, 2.24) is 14.3 Å². The lowest BCUT2D eigenvalue weighted by Crippen LogP contribution is -2.41. The molecule has 112 valence electrons. The van der Waals surface area contributed by atoms with E-state index in [9.17, 15) is 18.0 Å². The maximum Gasteiger partial charge on any atom is 0.323 e. The number of carboxylic acids is 1. The highest BCUT2D eigenvalue weighted by Gasteiger charge is 2.40. The third-order valence-corrected chi connectivity index (χ3v) is 6.25. The second-order valence-corrected chi connectivity index (χ2v) is 7.42. The number of sulfonamides is 1. The zero-order valence-electron chi connectivity index (χ0n) is 10.6. The summed E-state index contributed by atoms with van der Waals surface area (Å²) in [5, 5.41) is 9.10. The van der Waals surface area contributed by atoms with Crippen LogP contribution in [-0.2, 0) is 14.8 Å². The first kappa shape index (κ1) is 14.2. The van der Waals surface area contributed by atoms with Crippen molar-refractivity contribution in [3.63, 3.8) is 0 Å². The van der Waals surface area contributed by atoms with Gasteiger partial charge in [0.2, 0.25) is 10.0 Å². The number of carboxylic acid groups (broad SMARTS) is 1. The van der Waals surface area contributed by atoms with Crippen molar-refractivity contribution < 1.29 is 18.3 Å². The summed E-state index contributed by atoms with van der Waals surface area (Å²) in [6.07, 6.45) is 0. The molecule has 0 aliphatic carbocycles. The second kappa shape index (κ2) is 4.90. The van der Waals surface area contributed by atoms with E-state index >= 15 is 0 Å². The minimum atomic E-state index is -3.92. The topological polar surface area (TPSA) is 123 Å². The first-order valence-electron chi connectivity index (χ1n) is 5.94. The number of thioether (sulfide) groups is 1. The van der Waals surface area contributed by atoms with E-state index in [0.717, 1.165) is 4.31 Å². The summed E-state index contributed by atoms with van der Waals surface area (Å²) in [5.41, 5.74) is 0.420. The Morgan fingerprint density at radius 3 is 2.76 bits per heavy atom. The third-order valence-electron chi connectivity index (χ3n) is 3.22. The SMILES string of the molecule is O=C(O)C1CSCN1S(=O)(=O)c1ccc2[nH]c(=O)[nH]c2c1. The van der Waals surface area contributed by atoms with Crippen molar-refractivity contribution in [2.75, 3.05) is 11.6 Å². The van der Waals surface area contributed by atoms with Gasteiger partial charge in [0.15, 0.2) is 0 Å². The van der Waals surface area contributed by atoms with Crippen LogP contribution in [-0.4, -0.2) is 51.4 Å². The molecule has 10 heteroatoms. The lowest BCUT2D eigenvalue weighted by molar-refractivity contribution is -0.140. The van der Waals surface area contributed by atoms with E-state index in [4.69, 9.17) is 5.11 Å². The standard InChI is InChI=1S/C11H11N3O5S2/c15-10(16)9-4-20-5-14(9)21(18,19)6-1-2-7-8(3-6)13-11(17)12-7/h1-3,9H,4-5H2,(H,15,16)(H2,12,13,17). The van der Waals surface area contributed by atoms with Gasteiger partial charge in [-0.05, 0) is 18.2 Å². The number of H-pyrrole nitrogens is 2. The Morgan fingerprint density at radius 1 is 1.33 bits per heavy atom. The quantitative estimate of drug-likeness (QED) is 0.728. The maximum atomic E-state index is 12.5. The van der Waals surface area contributed by atoms with Gasteiger partial charge in [0.1, 0.15) is 6.04 Å². The first-order valence-corrected chi connectivity index (χ1v) is 8.53. The Morgan fingerprint density at radius 2 is 2.05 bits per heavy atom. The molecule has 1 unspecified atom stereocenters. The third kappa shape index (κ3) is 2.34. The number of imidazole rings is 1. The number of carbonyl (C=O) groups is 1.